The van der Waals surface area contributed by atoms with E-state index in [4.69, 9.17) is 0 Å². The highest BCUT2D eigenvalue weighted by molar-refractivity contribution is 5.91. The summed E-state index contributed by atoms with van der Waals surface area (Å²) in [5.41, 5.74) is 1.16. The van der Waals surface area contributed by atoms with Crippen LogP contribution >= 0.6 is 0 Å². The number of anilines is 1. The van der Waals surface area contributed by atoms with Gasteiger partial charge in [-0.3, -0.25) is 9.78 Å². The Balaban J connectivity index is 1.63. The lowest BCUT2D eigenvalue weighted by Crippen LogP contribution is -2.25. The molecule has 0 aliphatic carbocycles. The summed E-state index contributed by atoms with van der Waals surface area (Å²) < 4.78 is 0. The van der Waals surface area contributed by atoms with Crippen molar-refractivity contribution in [3.05, 3.63) is 48.2 Å². The molecule has 0 spiro atoms. The van der Waals surface area contributed by atoms with Crippen LogP contribution in [0.3, 0.4) is 0 Å². The molecular formula is C15H17N5O. The Hall–Kier alpha value is -2.50. The van der Waals surface area contributed by atoms with Crippen LogP contribution in [0.25, 0.3) is 0 Å². The second-order valence-corrected chi connectivity index (χ2v) is 4.95. The summed E-state index contributed by atoms with van der Waals surface area (Å²) in [4.78, 5) is 26.6. The molecule has 0 unspecified atom stereocenters. The second-order valence-electron chi connectivity index (χ2n) is 4.95. The number of pyridine rings is 1. The zero-order chi connectivity index (χ0) is 14.5. The van der Waals surface area contributed by atoms with E-state index >= 15 is 0 Å². The number of aromatic nitrogens is 3. The van der Waals surface area contributed by atoms with E-state index in [1.54, 1.807) is 0 Å². The van der Waals surface area contributed by atoms with Gasteiger partial charge in [-0.05, 0) is 25.0 Å². The van der Waals surface area contributed by atoms with Crippen LogP contribution in [0.1, 0.15) is 29.0 Å². The van der Waals surface area contributed by atoms with Gasteiger partial charge < -0.3 is 10.2 Å². The molecule has 108 valence electrons. The number of nitrogens with zero attached hydrogens (tertiary/aromatic N) is 4. The van der Waals surface area contributed by atoms with Crippen molar-refractivity contribution in [1.29, 1.82) is 0 Å². The molecule has 2 aromatic rings. The third-order valence-electron chi connectivity index (χ3n) is 3.45. The fraction of sp³-hybridized carbons (Fsp3) is 0.333. The van der Waals surface area contributed by atoms with Crippen molar-refractivity contribution >= 4 is 11.7 Å². The van der Waals surface area contributed by atoms with Crippen LogP contribution in [0.5, 0.6) is 0 Å². The Kier molecular flexibility index (Phi) is 4.04. The van der Waals surface area contributed by atoms with Crippen molar-refractivity contribution in [1.82, 2.24) is 20.3 Å². The molecule has 1 fully saturated rings. The van der Waals surface area contributed by atoms with Crippen LogP contribution in [0.4, 0.5) is 5.82 Å². The summed E-state index contributed by atoms with van der Waals surface area (Å²) in [5, 5.41) is 2.81. The van der Waals surface area contributed by atoms with E-state index < -0.39 is 0 Å². The first-order chi connectivity index (χ1) is 10.3. The SMILES string of the molecule is O=C(NCc1cccc(N2CCCC2)n1)c1cnccn1. The quantitative estimate of drug-likeness (QED) is 0.918. The Morgan fingerprint density at radius 3 is 2.86 bits per heavy atom. The summed E-state index contributed by atoms with van der Waals surface area (Å²) in [5.74, 6) is 0.746. The van der Waals surface area contributed by atoms with Crippen molar-refractivity contribution in [3.8, 4) is 0 Å². The molecule has 1 saturated heterocycles. The molecule has 0 atom stereocenters. The molecule has 0 bridgehead atoms. The van der Waals surface area contributed by atoms with Gasteiger partial charge in [-0.15, -0.1) is 0 Å². The molecule has 1 amide bonds. The lowest BCUT2D eigenvalue weighted by molar-refractivity contribution is 0.0945. The van der Waals surface area contributed by atoms with E-state index in [0.717, 1.165) is 24.6 Å². The van der Waals surface area contributed by atoms with E-state index in [1.165, 1.54) is 31.4 Å². The molecule has 1 N–H and O–H groups in total. The van der Waals surface area contributed by atoms with Gasteiger partial charge in [0.1, 0.15) is 11.5 Å². The Labute approximate surface area is 123 Å². The first kappa shape index (κ1) is 13.5. The highest BCUT2D eigenvalue weighted by Crippen LogP contribution is 2.17. The molecule has 0 saturated carbocycles. The van der Waals surface area contributed by atoms with E-state index in [2.05, 4.69) is 25.2 Å². The minimum Gasteiger partial charge on any atom is -0.357 e. The number of carbonyl (C=O) groups is 1. The summed E-state index contributed by atoms with van der Waals surface area (Å²) in [6.07, 6.45) is 6.92. The number of amides is 1. The van der Waals surface area contributed by atoms with Gasteiger partial charge in [-0.2, -0.15) is 0 Å². The monoisotopic (exact) mass is 283 g/mol. The zero-order valence-corrected chi connectivity index (χ0v) is 11.7. The molecule has 6 nitrogen and oxygen atoms in total. The van der Waals surface area contributed by atoms with E-state index in [-0.39, 0.29) is 5.91 Å². The van der Waals surface area contributed by atoms with Crippen molar-refractivity contribution in [2.24, 2.45) is 0 Å². The lowest BCUT2D eigenvalue weighted by Gasteiger charge is -2.17. The molecule has 2 aromatic heterocycles. The van der Waals surface area contributed by atoms with Gasteiger partial charge in [0.2, 0.25) is 0 Å². The number of carbonyl (C=O) groups excluding carboxylic acids is 1. The highest BCUT2D eigenvalue weighted by Gasteiger charge is 2.14. The normalized spacial score (nSPS) is 14.2. The van der Waals surface area contributed by atoms with Crippen LogP contribution in [0, 0.1) is 0 Å². The highest BCUT2D eigenvalue weighted by atomic mass is 16.1. The molecule has 1 aliphatic heterocycles. The predicted molar refractivity (Wildman–Crippen MR) is 78.9 cm³/mol. The largest absolute Gasteiger partial charge is 0.357 e. The van der Waals surface area contributed by atoms with Gasteiger partial charge in [-0.1, -0.05) is 6.07 Å². The Bertz CT molecular complexity index is 610. The number of nitrogens with one attached hydrogen (secondary N) is 1. The average molecular weight is 283 g/mol. The van der Waals surface area contributed by atoms with E-state index in [1.807, 2.05) is 18.2 Å². The minimum absolute atomic E-state index is 0.239. The van der Waals surface area contributed by atoms with Gasteiger partial charge >= 0.3 is 0 Å². The maximum Gasteiger partial charge on any atom is 0.271 e. The summed E-state index contributed by atoms with van der Waals surface area (Å²) in [6, 6.07) is 5.90. The average Bonchev–Trinajstić information content (AvgIpc) is 3.08. The topological polar surface area (TPSA) is 71.0 Å². The number of rotatable bonds is 4. The third-order valence-corrected chi connectivity index (χ3v) is 3.45. The van der Waals surface area contributed by atoms with Gasteiger partial charge in [0.25, 0.3) is 5.91 Å². The molecule has 0 aromatic carbocycles. The summed E-state index contributed by atoms with van der Waals surface area (Å²) in [7, 11) is 0. The first-order valence-corrected chi connectivity index (χ1v) is 7.08. The van der Waals surface area contributed by atoms with Crippen LogP contribution in [-0.4, -0.2) is 33.9 Å². The zero-order valence-electron chi connectivity index (χ0n) is 11.7. The number of hydrogen-bond acceptors (Lipinski definition) is 5. The fourth-order valence-corrected chi connectivity index (χ4v) is 2.37. The van der Waals surface area contributed by atoms with Crippen molar-refractivity contribution < 1.29 is 4.79 Å². The van der Waals surface area contributed by atoms with Crippen LogP contribution in [0.15, 0.2) is 36.8 Å². The van der Waals surface area contributed by atoms with Gasteiger partial charge in [0.05, 0.1) is 18.4 Å². The Morgan fingerprint density at radius 2 is 2.10 bits per heavy atom. The molecule has 3 rings (SSSR count). The number of hydrogen-bond donors (Lipinski definition) is 1. The second kappa shape index (κ2) is 6.30. The predicted octanol–water partition coefficient (Wildman–Crippen LogP) is 1.40. The summed E-state index contributed by atoms with van der Waals surface area (Å²) >= 11 is 0. The van der Waals surface area contributed by atoms with Crippen LogP contribution in [0.2, 0.25) is 0 Å². The molecule has 3 heterocycles. The maximum absolute atomic E-state index is 11.9. The van der Waals surface area contributed by atoms with E-state index in [9.17, 15) is 4.79 Å². The molecule has 21 heavy (non-hydrogen) atoms. The summed E-state index contributed by atoms with van der Waals surface area (Å²) in [6.45, 7) is 2.50. The molecule has 0 radical (unpaired) electrons. The standard InChI is InChI=1S/C15H17N5O/c21-15(13-11-16-6-7-17-13)18-10-12-4-3-5-14(19-12)20-8-1-2-9-20/h3-7,11H,1-2,8-10H2,(H,18,21). The van der Waals surface area contributed by atoms with Crippen molar-refractivity contribution in [3.63, 3.8) is 0 Å². The molecule has 6 heteroatoms. The third kappa shape index (κ3) is 3.34. The molecular weight excluding hydrogens is 266 g/mol. The fourth-order valence-electron chi connectivity index (χ4n) is 2.37. The van der Waals surface area contributed by atoms with Gasteiger partial charge in [0, 0.05) is 25.5 Å². The van der Waals surface area contributed by atoms with Crippen LogP contribution in [-0.2, 0) is 6.54 Å². The lowest BCUT2D eigenvalue weighted by atomic mass is 10.3. The van der Waals surface area contributed by atoms with Gasteiger partial charge in [-0.25, -0.2) is 9.97 Å². The van der Waals surface area contributed by atoms with Gasteiger partial charge in [0.15, 0.2) is 0 Å². The maximum atomic E-state index is 11.9. The van der Waals surface area contributed by atoms with E-state index in [0.29, 0.717) is 12.2 Å². The minimum atomic E-state index is -0.239. The van der Waals surface area contributed by atoms with Crippen molar-refractivity contribution in [2.75, 3.05) is 18.0 Å². The molecule has 1 aliphatic rings. The van der Waals surface area contributed by atoms with Crippen molar-refractivity contribution in [2.45, 2.75) is 19.4 Å². The first-order valence-electron chi connectivity index (χ1n) is 7.08. The van der Waals surface area contributed by atoms with Crippen LogP contribution < -0.4 is 10.2 Å². The smallest absolute Gasteiger partial charge is 0.271 e. The Morgan fingerprint density at radius 1 is 1.24 bits per heavy atom.